The van der Waals surface area contributed by atoms with Crippen molar-refractivity contribution in [2.75, 3.05) is 0 Å². The first-order chi connectivity index (χ1) is 13.8. The first kappa shape index (κ1) is 20.9. The Balaban J connectivity index is 1.87. The summed E-state index contributed by atoms with van der Waals surface area (Å²) in [7, 11) is -4.05. The van der Waals surface area contributed by atoms with Gasteiger partial charge in [-0.1, -0.05) is 59.1 Å². The average Bonchev–Trinajstić information content (AvgIpc) is 2.69. The number of hydrogen-bond donors (Lipinski definition) is 0. The maximum Gasteiger partial charge on any atom is 0.339 e. The molecule has 0 unspecified atom stereocenters. The largest absolute Gasteiger partial charge is 0.377 e. The van der Waals surface area contributed by atoms with Gasteiger partial charge in [0.2, 0.25) is 0 Å². The molecule has 0 aliphatic rings. The number of aryl methyl sites for hydroxylation is 1. The topological polar surface area (TPSA) is 67.2 Å². The van der Waals surface area contributed by atoms with Crippen molar-refractivity contribution in [1.29, 1.82) is 5.26 Å². The van der Waals surface area contributed by atoms with Gasteiger partial charge in [0.15, 0.2) is 5.75 Å². The van der Waals surface area contributed by atoms with Gasteiger partial charge in [-0.05, 0) is 60.5 Å². The number of allylic oxidation sites excluding steroid dienone is 1. The van der Waals surface area contributed by atoms with Crippen LogP contribution in [0.15, 0.2) is 71.6 Å². The lowest BCUT2D eigenvalue weighted by Crippen LogP contribution is -2.09. The van der Waals surface area contributed by atoms with Crippen molar-refractivity contribution in [1.82, 2.24) is 0 Å². The maximum absolute atomic E-state index is 12.4. The molecule has 0 aliphatic heterocycles. The summed E-state index contributed by atoms with van der Waals surface area (Å²) in [6.45, 7) is 1.97. The minimum Gasteiger partial charge on any atom is -0.377 e. The van der Waals surface area contributed by atoms with E-state index >= 15 is 0 Å². The van der Waals surface area contributed by atoms with Crippen LogP contribution >= 0.6 is 23.2 Å². The van der Waals surface area contributed by atoms with E-state index in [1.165, 1.54) is 30.3 Å². The third-order valence-electron chi connectivity index (χ3n) is 4.05. The summed E-state index contributed by atoms with van der Waals surface area (Å²) >= 11 is 12.0. The molecule has 0 heterocycles. The molecule has 0 aliphatic carbocycles. The Kier molecular flexibility index (Phi) is 6.29. The van der Waals surface area contributed by atoms with E-state index in [9.17, 15) is 13.7 Å². The number of hydrogen-bond acceptors (Lipinski definition) is 4. The van der Waals surface area contributed by atoms with Gasteiger partial charge in [-0.15, -0.1) is 0 Å². The van der Waals surface area contributed by atoms with Gasteiger partial charge >= 0.3 is 10.1 Å². The summed E-state index contributed by atoms with van der Waals surface area (Å²) in [5.41, 5.74) is 2.98. The molecule has 0 aromatic heterocycles. The number of nitriles is 1. The number of nitrogens with zero attached hydrogens (tertiary/aromatic N) is 1. The third-order valence-corrected chi connectivity index (χ3v) is 5.85. The summed E-state index contributed by atoms with van der Waals surface area (Å²) < 4.78 is 30.0. The standard InChI is InChI=1S/C22H15Cl2NO3S/c1-15-2-5-17(6-3-15)18(14-25)12-16-4-11-22(21(24)13-16)28-29(26,27)20-9-7-19(23)8-10-20/h2-13H,1H3/b18-12+. The highest BCUT2D eigenvalue weighted by Crippen LogP contribution is 2.30. The second-order valence-electron chi connectivity index (χ2n) is 6.22. The summed E-state index contributed by atoms with van der Waals surface area (Å²) in [4.78, 5) is -0.0342. The molecule has 0 N–H and O–H groups in total. The fraction of sp³-hybridized carbons (Fsp3) is 0.0455. The van der Waals surface area contributed by atoms with Crippen LogP contribution in [-0.4, -0.2) is 8.42 Å². The normalized spacial score (nSPS) is 11.7. The molecule has 0 amide bonds. The van der Waals surface area contributed by atoms with Crippen LogP contribution in [-0.2, 0) is 10.1 Å². The molecule has 0 radical (unpaired) electrons. The van der Waals surface area contributed by atoms with Crippen LogP contribution in [0.4, 0.5) is 0 Å². The van der Waals surface area contributed by atoms with Gasteiger partial charge < -0.3 is 4.18 Å². The number of halogens is 2. The van der Waals surface area contributed by atoms with Crippen LogP contribution in [0.1, 0.15) is 16.7 Å². The maximum atomic E-state index is 12.4. The molecule has 146 valence electrons. The van der Waals surface area contributed by atoms with E-state index in [1.807, 2.05) is 31.2 Å². The van der Waals surface area contributed by atoms with E-state index in [0.29, 0.717) is 16.2 Å². The molecular formula is C22H15Cl2NO3S. The zero-order valence-electron chi connectivity index (χ0n) is 15.3. The zero-order valence-corrected chi connectivity index (χ0v) is 17.6. The van der Waals surface area contributed by atoms with Crippen LogP contribution in [0, 0.1) is 18.3 Å². The van der Waals surface area contributed by atoms with Gasteiger partial charge in [-0.2, -0.15) is 13.7 Å². The number of benzene rings is 3. The lowest BCUT2D eigenvalue weighted by Gasteiger charge is -2.09. The van der Waals surface area contributed by atoms with Gasteiger partial charge in [0.25, 0.3) is 0 Å². The Morgan fingerprint density at radius 3 is 2.24 bits per heavy atom. The molecule has 29 heavy (non-hydrogen) atoms. The molecule has 0 saturated carbocycles. The molecule has 0 saturated heterocycles. The smallest absolute Gasteiger partial charge is 0.339 e. The van der Waals surface area contributed by atoms with Gasteiger partial charge in [0.05, 0.1) is 16.7 Å². The van der Waals surface area contributed by atoms with E-state index in [1.54, 1.807) is 18.2 Å². The quantitative estimate of drug-likeness (QED) is 0.270. The molecule has 3 aromatic rings. The van der Waals surface area contributed by atoms with Crippen molar-refractivity contribution in [3.8, 4) is 11.8 Å². The van der Waals surface area contributed by atoms with E-state index < -0.39 is 10.1 Å². The molecule has 3 rings (SSSR count). The molecule has 0 atom stereocenters. The highest BCUT2D eigenvalue weighted by Gasteiger charge is 2.18. The Hall–Kier alpha value is -2.78. The summed E-state index contributed by atoms with van der Waals surface area (Å²) in [6, 6.07) is 20.0. The summed E-state index contributed by atoms with van der Waals surface area (Å²) in [5.74, 6) is -0.00684. The van der Waals surface area contributed by atoms with E-state index in [-0.39, 0.29) is 15.7 Å². The van der Waals surface area contributed by atoms with Crippen LogP contribution in [0.3, 0.4) is 0 Å². The molecule has 0 spiro atoms. The lowest BCUT2D eigenvalue weighted by atomic mass is 10.0. The first-order valence-corrected chi connectivity index (χ1v) is 10.6. The second-order valence-corrected chi connectivity index (χ2v) is 8.61. The fourth-order valence-corrected chi connectivity index (χ4v) is 3.87. The van der Waals surface area contributed by atoms with Gasteiger partial charge in [-0.25, -0.2) is 0 Å². The van der Waals surface area contributed by atoms with E-state index in [2.05, 4.69) is 6.07 Å². The van der Waals surface area contributed by atoms with E-state index in [4.69, 9.17) is 27.4 Å². The predicted molar refractivity (Wildman–Crippen MR) is 115 cm³/mol. The Labute approximate surface area is 179 Å². The van der Waals surface area contributed by atoms with Crippen molar-refractivity contribution < 1.29 is 12.6 Å². The molecule has 0 bridgehead atoms. The molecule has 0 fully saturated rings. The Bertz CT molecular complexity index is 1210. The van der Waals surface area contributed by atoms with Crippen LogP contribution in [0.25, 0.3) is 11.6 Å². The van der Waals surface area contributed by atoms with Crippen LogP contribution in [0.2, 0.25) is 10.0 Å². The van der Waals surface area contributed by atoms with Crippen molar-refractivity contribution in [3.63, 3.8) is 0 Å². The SMILES string of the molecule is Cc1ccc(/C(C#N)=C/c2ccc(OS(=O)(=O)c3ccc(Cl)cc3)c(Cl)c2)cc1. The van der Waals surface area contributed by atoms with Crippen molar-refractivity contribution in [2.45, 2.75) is 11.8 Å². The minimum atomic E-state index is -4.05. The highest BCUT2D eigenvalue weighted by molar-refractivity contribution is 7.87. The summed E-state index contributed by atoms with van der Waals surface area (Å²) in [5, 5.41) is 9.99. The minimum absolute atomic E-state index is 0.00684. The molecule has 7 heteroatoms. The Morgan fingerprint density at radius 2 is 1.66 bits per heavy atom. The third kappa shape index (κ3) is 5.18. The van der Waals surface area contributed by atoms with Crippen LogP contribution in [0.5, 0.6) is 5.75 Å². The highest BCUT2D eigenvalue weighted by atomic mass is 35.5. The van der Waals surface area contributed by atoms with Gasteiger partial charge in [-0.3, -0.25) is 0 Å². The van der Waals surface area contributed by atoms with Gasteiger partial charge in [0, 0.05) is 5.02 Å². The lowest BCUT2D eigenvalue weighted by molar-refractivity contribution is 0.486. The van der Waals surface area contributed by atoms with Crippen molar-refractivity contribution in [2.24, 2.45) is 0 Å². The van der Waals surface area contributed by atoms with Crippen molar-refractivity contribution >= 4 is 45.0 Å². The summed E-state index contributed by atoms with van der Waals surface area (Å²) in [6.07, 6.45) is 1.67. The van der Waals surface area contributed by atoms with E-state index in [0.717, 1.165) is 11.1 Å². The molecule has 4 nitrogen and oxygen atoms in total. The second kappa shape index (κ2) is 8.71. The first-order valence-electron chi connectivity index (χ1n) is 8.47. The van der Waals surface area contributed by atoms with Crippen LogP contribution < -0.4 is 4.18 Å². The predicted octanol–water partition coefficient (Wildman–Crippen LogP) is 6.13. The Morgan fingerprint density at radius 1 is 1.00 bits per heavy atom. The monoisotopic (exact) mass is 443 g/mol. The molecular weight excluding hydrogens is 429 g/mol. The molecule has 3 aromatic carbocycles. The number of rotatable bonds is 5. The van der Waals surface area contributed by atoms with Gasteiger partial charge in [0.1, 0.15) is 4.90 Å². The zero-order chi connectivity index (χ0) is 21.0. The average molecular weight is 444 g/mol. The fourth-order valence-electron chi connectivity index (χ4n) is 2.52. The van der Waals surface area contributed by atoms with Crippen molar-refractivity contribution in [3.05, 3.63) is 93.5 Å².